The Morgan fingerprint density at radius 2 is 2.43 bits per heavy atom. The molecule has 0 aliphatic carbocycles. The van der Waals surface area contributed by atoms with Crippen LogP contribution in [0.4, 0.5) is 0 Å². The molecular formula is C5H8SSi. The summed E-state index contributed by atoms with van der Waals surface area (Å²) < 4.78 is 0. The molecule has 38 valence electrons. The highest BCUT2D eigenvalue weighted by Gasteiger charge is 1.86. The molecule has 0 amide bonds. The summed E-state index contributed by atoms with van der Waals surface area (Å²) in [5.74, 6) is 0. The van der Waals surface area contributed by atoms with E-state index in [1.807, 2.05) is 11.3 Å². The van der Waals surface area contributed by atoms with E-state index in [4.69, 9.17) is 0 Å². The summed E-state index contributed by atoms with van der Waals surface area (Å²) in [7, 11) is 1.21. The van der Waals surface area contributed by atoms with Crippen molar-refractivity contribution < 1.29 is 0 Å². The van der Waals surface area contributed by atoms with Gasteiger partial charge in [-0.2, -0.15) is 0 Å². The van der Waals surface area contributed by atoms with E-state index in [0.717, 1.165) is 0 Å². The van der Waals surface area contributed by atoms with E-state index in [1.54, 1.807) is 5.19 Å². The summed E-state index contributed by atoms with van der Waals surface area (Å²) in [6.07, 6.45) is 0. The fraction of sp³-hybridized carbons (Fsp3) is 0.200. The molecule has 0 bridgehead atoms. The van der Waals surface area contributed by atoms with Gasteiger partial charge in [-0.15, -0.1) is 11.3 Å². The molecule has 1 aromatic heterocycles. The molecule has 7 heavy (non-hydrogen) atoms. The first-order valence-corrected chi connectivity index (χ1v) is 4.19. The highest BCUT2D eigenvalue weighted by molar-refractivity contribution is 7.10. The maximum atomic E-state index is 2.20. The van der Waals surface area contributed by atoms with Crippen LogP contribution >= 0.6 is 11.3 Å². The Hall–Kier alpha value is -0.0831. The third-order valence-corrected chi connectivity index (χ3v) is 3.51. The average molecular weight is 128 g/mol. The number of aryl methyl sites for hydroxylation is 1. The Kier molecular flexibility index (Phi) is 1.30. The van der Waals surface area contributed by atoms with Gasteiger partial charge >= 0.3 is 0 Å². The number of rotatable bonds is 0. The molecule has 2 heteroatoms. The molecule has 1 heterocycles. The molecule has 0 spiro atoms. The van der Waals surface area contributed by atoms with Crippen LogP contribution in [0.2, 0.25) is 0 Å². The van der Waals surface area contributed by atoms with Crippen molar-refractivity contribution in [1.82, 2.24) is 0 Å². The fourth-order valence-electron chi connectivity index (χ4n) is 0.448. The molecule has 0 nitrogen and oxygen atoms in total. The summed E-state index contributed by atoms with van der Waals surface area (Å²) in [5, 5.41) is 3.70. The summed E-state index contributed by atoms with van der Waals surface area (Å²) >= 11 is 1.84. The molecule has 0 aliphatic rings. The second kappa shape index (κ2) is 1.80. The first kappa shape index (κ1) is 5.06. The van der Waals surface area contributed by atoms with Gasteiger partial charge in [0, 0.05) is 10.2 Å². The van der Waals surface area contributed by atoms with E-state index in [9.17, 15) is 0 Å². The van der Waals surface area contributed by atoms with E-state index < -0.39 is 0 Å². The molecular weight excluding hydrogens is 120 g/mol. The van der Waals surface area contributed by atoms with Gasteiger partial charge in [0.25, 0.3) is 0 Å². The van der Waals surface area contributed by atoms with Crippen molar-refractivity contribution in [2.75, 3.05) is 0 Å². The minimum absolute atomic E-state index is 1.21. The van der Waals surface area contributed by atoms with Crippen LogP contribution in [0.25, 0.3) is 0 Å². The number of hydrogen-bond acceptors (Lipinski definition) is 1. The van der Waals surface area contributed by atoms with Gasteiger partial charge in [-0.05, 0) is 17.2 Å². The topological polar surface area (TPSA) is 0 Å². The third-order valence-electron chi connectivity index (χ3n) is 1.12. The maximum Gasteiger partial charge on any atom is 0.0399 e. The van der Waals surface area contributed by atoms with Crippen LogP contribution in [0, 0.1) is 6.92 Å². The molecule has 0 aromatic carbocycles. The molecule has 1 aromatic rings. The number of thiophene rings is 1. The molecule has 0 unspecified atom stereocenters. The van der Waals surface area contributed by atoms with Gasteiger partial charge in [-0.3, -0.25) is 0 Å². The highest BCUT2D eigenvalue weighted by Crippen LogP contribution is 2.00. The van der Waals surface area contributed by atoms with Crippen LogP contribution < -0.4 is 5.19 Å². The van der Waals surface area contributed by atoms with Crippen molar-refractivity contribution in [2.45, 2.75) is 6.92 Å². The Labute approximate surface area is 50.6 Å². The van der Waals surface area contributed by atoms with Gasteiger partial charge < -0.3 is 0 Å². The SMILES string of the molecule is Cc1sccc1[SiH3]. The second-order valence-electron chi connectivity index (χ2n) is 1.66. The zero-order valence-electron chi connectivity index (χ0n) is 4.56. The van der Waals surface area contributed by atoms with Gasteiger partial charge in [0.05, 0.1) is 0 Å². The van der Waals surface area contributed by atoms with Crippen molar-refractivity contribution in [3.63, 3.8) is 0 Å². The Morgan fingerprint density at radius 3 is 2.57 bits per heavy atom. The van der Waals surface area contributed by atoms with Crippen LogP contribution in [-0.2, 0) is 0 Å². The van der Waals surface area contributed by atoms with Gasteiger partial charge in [0.15, 0.2) is 0 Å². The van der Waals surface area contributed by atoms with E-state index in [-0.39, 0.29) is 0 Å². The van der Waals surface area contributed by atoms with Gasteiger partial charge in [-0.25, -0.2) is 0 Å². The maximum absolute atomic E-state index is 2.20. The Balaban J connectivity index is 3.12. The average Bonchev–Trinajstić information content (AvgIpc) is 1.91. The van der Waals surface area contributed by atoms with Crippen molar-refractivity contribution in [1.29, 1.82) is 0 Å². The lowest BCUT2D eigenvalue weighted by Gasteiger charge is -1.79. The zero-order chi connectivity index (χ0) is 5.28. The zero-order valence-corrected chi connectivity index (χ0v) is 7.38. The van der Waals surface area contributed by atoms with Gasteiger partial charge in [0.2, 0.25) is 0 Å². The van der Waals surface area contributed by atoms with Crippen molar-refractivity contribution >= 4 is 26.8 Å². The highest BCUT2D eigenvalue weighted by atomic mass is 32.1. The van der Waals surface area contributed by atoms with Crippen LogP contribution in [-0.4, -0.2) is 10.2 Å². The predicted octanol–water partition coefficient (Wildman–Crippen LogP) is 0.0472. The number of hydrogen-bond donors (Lipinski definition) is 0. The largest absolute Gasteiger partial charge is 0.149 e. The van der Waals surface area contributed by atoms with Crippen LogP contribution in [0.1, 0.15) is 4.88 Å². The second-order valence-corrected chi connectivity index (χ2v) is 3.86. The summed E-state index contributed by atoms with van der Waals surface area (Å²) in [6.45, 7) is 2.17. The lowest BCUT2D eigenvalue weighted by molar-refractivity contribution is 1.69. The molecule has 0 N–H and O–H groups in total. The monoisotopic (exact) mass is 128 g/mol. The van der Waals surface area contributed by atoms with E-state index in [0.29, 0.717) is 0 Å². The molecule has 0 fully saturated rings. The lowest BCUT2D eigenvalue weighted by atomic mass is 10.5. The molecule has 0 aliphatic heterocycles. The first-order chi connectivity index (χ1) is 3.30. The molecule has 0 saturated carbocycles. The minimum atomic E-state index is 1.21. The first-order valence-electron chi connectivity index (χ1n) is 2.31. The van der Waals surface area contributed by atoms with E-state index in [2.05, 4.69) is 18.4 Å². The molecule has 0 saturated heterocycles. The third kappa shape index (κ3) is 0.923. The normalized spacial score (nSPS) is 9.86. The molecule has 0 radical (unpaired) electrons. The van der Waals surface area contributed by atoms with Gasteiger partial charge in [-0.1, -0.05) is 11.3 Å². The van der Waals surface area contributed by atoms with Crippen LogP contribution in [0.5, 0.6) is 0 Å². The minimum Gasteiger partial charge on any atom is -0.149 e. The smallest absolute Gasteiger partial charge is 0.0399 e. The van der Waals surface area contributed by atoms with E-state index in [1.165, 1.54) is 15.1 Å². The standard InChI is InChI=1S/C5H8SSi/c1-4-5(7)2-3-6-4/h2-3H,1,7H3. The molecule has 0 atom stereocenters. The van der Waals surface area contributed by atoms with Crippen LogP contribution in [0.15, 0.2) is 11.4 Å². The fourth-order valence-corrected chi connectivity index (χ4v) is 1.94. The Bertz CT molecular complexity index is 140. The van der Waals surface area contributed by atoms with Crippen molar-refractivity contribution in [3.8, 4) is 0 Å². The summed E-state index contributed by atoms with van der Waals surface area (Å²) in [6, 6.07) is 2.20. The summed E-state index contributed by atoms with van der Waals surface area (Å²) in [4.78, 5) is 1.49. The molecule has 1 rings (SSSR count). The van der Waals surface area contributed by atoms with Crippen LogP contribution in [0.3, 0.4) is 0 Å². The lowest BCUT2D eigenvalue weighted by Crippen LogP contribution is -1.98. The summed E-state index contributed by atoms with van der Waals surface area (Å²) in [5.41, 5.74) is 0. The quantitative estimate of drug-likeness (QED) is 0.433. The van der Waals surface area contributed by atoms with E-state index >= 15 is 0 Å². The van der Waals surface area contributed by atoms with Gasteiger partial charge in [0.1, 0.15) is 0 Å². The Morgan fingerprint density at radius 1 is 1.71 bits per heavy atom. The van der Waals surface area contributed by atoms with Crippen molar-refractivity contribution in [2.24, 2.45) is 0 Å². The van der Waals surface area contributed by atoms with Crippen molar-refractivity contribution in [3.05, 3.63) is 16.3 Å². The predicted molar refractivity (Wildman–Crippen MR) is 38.6 cm³/mol.